The van der Waals surface area contributed by atoms with Gasteiger partial charge in [0.15, 0.2) is 5.71 Å². The zero-order valence-electron chi connectivity index (χ0n) is 28.6. The molecule has 0 aromatic heterocycles. The van der Waals surface area contributed by atoms with Crippen molar-refractivity contribution < 1.29 is 24.0 Å². The van der Waals surface area contributed by atoms with Crippen LogP contribution in [0.5, 0.6) is 0 Å². The molecule has 49 heavy (non-hydrogen) atoms. The summed E-state index contributed by atoms with van der Waals surface area (Å²) in [7, 11) is 4.33. The SMILES string of the molecule is CN1\C(=C/C=C/C=C/C=C/C2=[N+](C)c3cc(I)cc(I)c3C2(C)CCCCCOC=O)C(C)(CCCCCC(=O)O)c2c(I)cc(I)cc21. The number of rotatable bonds is 17. The summed E-state index contributed by atoms with van der Waals surface area (Å²) in [6.45, 7) is 5.71. The quantitative estimate of drug-likeness (QED) is 0.0562. The molecule has 2 aliphatic heterocycles. The van der Waals surface area contributed by atoms with Crippen molar-refractivity contribution in [2.45, 2.75) is 82.5 Å². The zero-order valence-corrected chi connectivity index (χ0v) is 37.2. The Morgan fingerprint density at radius 1 is 0.837 bits per heavy atom. The lowest BCUT2D eigenvalue weighted by Gasteiger charge is -2.29. The van der Waals surface area contributed by atoms with Crippen LogP contribution in [0, 0.1) is 14.3 Å². The van der Waals surface area contributed by atoms with Crippen molar-refractivity contribution in [3.8, 4) is 0 Å². The minimum Gasteiger partial charge on any atom is -0.481 e. The Morgan fingerprint density at radius 2 is 1.45 bits per heavy atom. The second-order valence-electron chi connectivity index (χ2n) is 13.1. The van der Waals surface area contributed by atoms with E-state index in [1.54, 1.807) is 0 Å². The molecule has 10 heteroatoms. The molecular formula is C39H45I4N2O4+. The number of hydrogen-bond acceptors (Lipinski definition) is 4. The average Bonchev–Trinajstić information content (AvgIpc) is 3.37. The van der Waals surface area contributed by atoms with Crippen LogP contribution in [0.1, 0.15) is 82.8 Å². The van der Waals surface area contributed by atoms with Gasteiger partial charge in [0.25, 0.3) is 6.47 Å². The molecule has 2 aliphatic rings. The first kappa shape index (κ1) is 40.5. The maximum absolute atomic E-state index is 11.0. The molecule has 1 N–H and O–H groups in total. The van der Waals surface area contributed by atoms with Gasteiger partial charge < -0.3 is 14.7 Å². The van der Waals surface area contributed by atoms with Crippen molar-refractivity contribution in [2.24, 2.45) is 0 Å². The molecule has 0 amide bonds. The van der Waals surface area contributed by atoms with Crippen LogP contribution in [0.15, 0.2) is 72.5 Å². The second kappa shape index (κ2) is 18.5. The number of halogens is 4. The fourth-order valence-corrected chi connectivity index (χ4v) is 12.2. The Kier molecular flexibility index (Phi) is 15.3. The van der Waals surface area contributed by atoms with E-state index >= 15 is 0 Å². The fourth-order valence-electron chi connectivity index (χ4n) is 7.40. The van der Waals surface area contributed by atoms with Gasteiger partial charge in [0.05, 0.1) is 17.6 Å². The van der Waals surface area contributed by atoms with E-state index in [9.17, 15) is 9.59 Å². The van der Waals surface area contributed by atoms with Crippen LogP contribution in [-0.2, 0) is 25.2 Å². The van der Waals surface area contributed by atoms with E-state index < -0.39 is 5.97 Å². The number of carbonyl (C=O) groups excluding carboxylic acids is 1. The van der Waals surface area contributed by atoms with Crippen molar-refractivity contribution in [1.29, 1.82) is 0 Å². The molecule has 262 valence electrons. The molecule has 2 unspecified atom stereocenters. The van der Waals surface area contributed by atoms with E-state index in [0.29, 0.717) is 19.5 Å². The first-order valence-corrected chi connectivity index (χ1v) is 21.0. The largest absolute Gasteiger partial charge is 0.481 e. The van der Waals surface area contributed by atoms with Crippen molar-refractivity contribution in [2.75, 3.05) is 25.6 Å². The lowest BCUT2D eigenvalue weighted by Crippen LogP contribution is -2.31. The third-order valence-electron chi connectivity index (χ3n) is 9.78. The number of hydrogen-bond donors (Lipinski definition) is 1. The highest BCUT2D eigenvalue weighted by Crippen LogP contribution is 2.52. The van der Waals surface area contributed by atoms with Crippen LogP contribution in [0.25, 0.3) is 0 Å². The van der Waals surface area contributed by atoms with Crippen LogP contribution in [0.4, 0.5) is 11.4 Å². The maximum atomic E-state index is 11.0. The molecule has 2 heterocycles. The van der Waals surface area contributed by atoms with Gasteiger partial charge >= 0.3 is 5.97 Å². The monoisotopic (exact) mass is 1110 g/mol. The zero-order chi connectivity index (χ0) is 35.8. The highest BCUT2D eigenvalue weighted by atomic mass is 127. The summed E-state index contributed by atoms with van der Waals surface area (Å²) in [6, 6.07) is 9.07. The van der Waals surface area contributed by atoms with E-state index in [1.165, 1.54) is 48.2 Å². The lowest BCUT2D eigenvalue weighted by molar-refractivity contribution is -0.401. The van der Waals surface area contributed by atoms with Gasteiger partial charge in [-0.05, 0) is 154 Å². The summed E-state index contributed by atoms with van der Waals surface area (Å²) in [5.74, 6) is -0.720. The number of fused-ring (bicyclic) bond motifs is 2. The molecule has 0 radical (unpaired) electrons. The van der Waals surface area contributed by atoms with E-state index in [4.69, 9.17) is 9.84 Å². The number of anilines is 1. The predicted octanol–water partition coefficient (Wildman–Crippen LogP) is 10.8. The summed E-state index contributed by atoms with van der Waals surface area (Å²) in [5.41, 5.74) is 7.57. The van der Waals surface area contributed by atoms with Crippen LogP contribution >= 0.6 is 90.4 Å². The lowest BCUT2D eigenvalue weighted by atomic mass is 9.75. The number of carboxylic acids is 1. The minimum atomic E-state index is -0.720. The summed E-state index contributed by atoms with van der Waals surface area (Å²) >= 11 is 9.77. The first-order valence-electron chi connectivity index (χ1n) is 16.7. The normalized spacial score (nSPS) is 21.1. The van der Waals surface area contributed by atoms with Gasteiger partial charge in [-0.1, -0.05) is 56.1 Å². The molecule has 0 saturated carbocycles. The molecule has 2 aromatic carbocycles. The highest BCUT2D eigenvalue weighted by Gasteiger charge is 2.47. The van der Waals surface area contributed by atoms with E-state index in [2.05, 4.69) is 195 Å². The van der Waals surface area contributed by atoms with Crippen LogP contribution < -0.4 is 4.90 Å². The number of allylic oxidation sites excluding steroid dienone is 8. The number of carbonyl (C=O) groups is 2. The third-order valence-corrected chi connectivity index (χ3v) is 12.7. The van der Waals surface area contributed by atoms with Crippen molar-refractivity contribution in [3.63, 3.8) is 0 Å². The molecule has 0 fully saturated rings. The number of aliphatic carboxylic acids is 1. The molecule has 6 nitrogen and oxygen atoms in total. The van der Waals surface area contributed by atoms with E-state index in [0.717, 1.165) is 44.9 Å². The Hall–Kier alpha value is -1.27. The van der Waals surface area contributed by atoms with E-state index in [-0.39, 0.29) is 17.3 Å². The van der Waals surface area contributed by atoms with Gasteiger partial charge in [-0.15, -0.1) is 0 Å². The fraction of sp³-hybridized carbons (Fsp3) is 0.410. The summed E-state index contributed by atoms with van der Waals surface area (Å²) in [6.07, 6.45) is 22.8. The Balaban J connectivity index is 1.52. The predicted molar refractivity (Wildman–Crippen MR) is 234 cm³/mol. The van der Waals surface area contributed by atoms with Crippen molar-refractivity contribution in [1.82, 2.24) is 0 Å². The molecule has 0 bridgehead atoms. The van der Waals surface area contributed by atoms with Gasteiger partial charge in [-0.25, -0.2) is 0 Å². The topological polar surface area (TPSA) is 69.8 Å². The van der Waals surface area contributed by atoms with Crippen molar-refractivity contribution >= 4 is 120 Å². The number of nitrogens with zero attached hydrogens (tertiary/aromatic N) is 2. The van der Waals surface area contributed by atoms with Crippen LogP contribution in [-0.4, -0.2) is 48.5 Å². The maximum Gasteiger partial charge on any atom is 0.303 e. The van der Waals surface area contributed by atoms with Crippen LogP contribution in [0.2, 0.25) is 0 Å². The summed E-state index contributed by atoms with van der Waals surface area (Å²) in [5, 5.41) is 9.08. The summed E-state index contributed by atoms with van der Waals surface area (Å²) in [4.78, 5) is 23.9. The Morgan fingerprint density at radius 3 is 2.14 bits per heavy atom. The standard InChI is InChI=1S/C39H44I4N2O4/c1-38(19-13-8-12-18-35(47)48)33(44(3)31-24-27(40)22-29(42)36(31)38)16-10-6-5-7-11-17-34-39(2,20-14-9-15-21-49-26-46)37-30(43)23-28(41)25-32(37)45(34)4/h5-7,10-11,16-17,22-26H,8-9,12-15,18-21H2,1-4H3/p+1. The number of unbranched alkanes of at least 4 members (excludes halogenated alkanes) is 4. The molecule has 4 rings (SSSR count). The molecule has 0 saturated heterocycles. The minimum absolute atomic E-state index is 0.115. The molecule has 2 atom stereocenters. The first-order chi connectivity index (χ1) is 23.3. The van der Waals surface area contributed by atoms with Crippen LogP contribution in [0.3, 0.4) is 0 Å². The summed E-state index contributed by atoms with van der Waals surface area (Å²) < 4.78 is 12.3. The molecule has 0 spiro atoms. The smallest absolute Gasteiger partial charge is 0.303 e. The number of ether oxygens (including phenoxy) is 1. The van der Waals surface area contributed by atoms with E-state index in [1.807, 2.05) is 0 Å². The number of likely N-dealkylation sites (N-methyl/N-ethyl adjacent to an activating group) is 1. The van der Waals surface area contributed by atoms with Crippen molar-refractivity contribution in [3.05, 3.63) is 97.9 Å². The molecule has 2 aromatic rings. The van der Waals surface area contributed by atoms with Gasteiger partial charge in [0, 0.05) is 62.3 Å². The van der Waals surface area contributed by atoms with Gasteiger partial charge in [0.1, 0.15) is 7.05 Å². The average molecular weight is 1110 g/mol. The van der Waals surface area contributed by atoms with Gasteiger partial charge in [0.2, 0.25) is 5.69 Å². The Labute approximate surface area is 346 Å². The molecule has 0 aliphatic carbocycles. The number of carboxylic acid groups (broad SMARTS) is 1. The second-order valence-corrected chi connectivity index (χ2v) is 18.0. The Bertz CT molecular complexity index is 1710. The van der Waals surface area contributed by atoms with Gasteiger partial charge in [-0.2, -0.15) is 4.58 Å². The third kappa shape index (κ3) is 9.59. The number of benzene rings is 2. The molecular weight excluding hydrogens is 1070 g/mol. The highest BCUT2D eigenvalue weighted by molar-refractivity contribution is 14.1. The van der Waals surface area contributed by atoms with Gasteiger partial charge in [-0.3, -0.25) is 9.59 Å².